The Morgan fingerprint density at radius 1 is 1.21 bits per heavy atom. The van der Waals surface area contributed by atoms with Gasteiger partial charge in [-0.15, -0.1) is 0 Å². The van der Waals surface area contributed by atoms with Crippen molar-refractivity contribution in [3.63, 3.8) is 0 Å². The van der Waals surface area contributed by atoms with Crippen LogP contribution < -0.4 is 5.32 Å². The predicted octanol–water partition coefficient (Wildman–Crippen LogP) is 5.25. The van der Waals surface area contributed by atoms with Gasteiger partial charge < -0.3 is 5.32 Å². The number of fused-ring (bicyclic) bond motifs is 1. The Morgan fingerprint density at radius 2 is 2.05 bits per heavy atom. The number of rotatable bonds is 2. The van der Waals surface area contributed by atoms with E-state index in [2.05, 4.69) is 26.2 Å². The number of hydrogen-bond donors (Lipinski definition) is 1. The quantitative estimate of drug-likeness (QED) is 0.691. The first kappa shape index (κ1) is 12.6. The van der Waals surface area contributed by atoms with Crippen molar-refractivity contribution in [2.24, 2.45) is 0 Å². The fraction of sp³-hybridized carbons (Fsp3) is 0.0714. The number of nitrogens with zero attached hydrogens (tertiary/aromatic N) is 1. The van der Waals surface area contributed by atoms with Crippen LogP contribution in [0.15, 0.2) is 40.9 Å². The Bertz CT molecular complexity index is 754. The summed E-state index contributed by atoms with van der Waals surface area (Å²) in [6, 6.07) is 11.0. The number of nitrogens with one attached hydrogen (secondary N) is 1. The number of aryl methyl sites for hydroxylation is 1. The van der Waals surface area contributed by atoms with E-state index in [0.29, 0.717) is 10.8 Å². The van der Waals surface area contributed by atoms with Gasteiger partial charge in [-0.3, -0.25) is 0 Å². The zero-order valence-corrected chi connectivity index (χ0v) is 12.5. The summed E-state index contributed by atoms with van der Waals surface area (Å²) in [6.07, 6.45) is 0. The van der Waals surface area contributed by atoms with Crippen LogP contribution in [0.3, 0.4) is 0 Å². The van der Waals surface area contributed by atoms with Crippen LogP contribution in [-0.2, 0) is 0 Å². The maximum atomic E-state index is 13.8. The van der Waals surface area contributed by atoms with Crippen LogP contribution in [0, 0.1) is 12.7 Å². The minimum Gasteiger partial charge on any atom is -0.329 e. The van der Waals surface area contributed by atoms with Gasteiger partial charge in [-0.05, 0) is 42.8 Å². The molecule has 0 bridgehead atoms. The van der Waals surface area contributed by atoms with Gasteiger partial charge in [0.1, 0.15) is 5.82 Å². The average molecular weight is 337 g/mol. The van der Waals surface area contributed by atoms with Crippen LogP contribution in [-0.4, -0.2) is 4.98 Å². The maximum absolute atomic E-state index is 13.8. The molecule has 3 aromatic rings. The number of benzene rings is 2. The van der Waals surface area contributed by atoms with Crippen molar-refractivity contribution < 1.29 is 4.39 Å². The molecule has 1 aromatic heterocycles. The molecule has 0 fully saturated rings. The molecular weight excluding hydrogens is 327 g/mol. The third kappa shape index (κ3) is 2.62. The molecule has 2 nitrogen and oxygen atoms in total. The molecule has 3 rings (SSSR count). The van der Waals surface area contributed by atoms with E-state index in [1.54, 1.807) is 6.07 Å². The molecule has 0 spiro atoms. The van der Waals surface area contributed by atoms with Crippen LogP contribution >= 0.6 is 27.3 Å². The lowest BCUT2D eigenvalue weighted by molar-refractivity contribution is 0.630. The van der Waals surface area contributed by atoms with Crippen molar-refractivity contribution in [2.75, 3.05) is 5.32 Å². The van der Waals surface area contributed by atoms with Crippen LogP contribution in [0.2, 0.25) is 0 Å². The van der Waals surface area contributed by atoms with Gasteiger partial charge in [0, 0.05) is 4.47 Å². The lowest BCUT2D eigenvalue weighted by Crippen LogP contribution is -1.93. The topological polar surface area (TPSA) is 24.9 Å². The lowest BCUT2D eigenvalue weighted by Gasteiger charge is -2.04. The fourth-order valence-electron chi connectivity index (χ4n) is 1.79. The molecule has 0 amide bonds. The van der Waals surface area contributed by atoms with Crippen molar-refractivity contribution >= 4 is 48.3 Å². The first-order valence-corrected chi connectivity index (χ1v) is 7.32. The highest BCUT2D eigenvalue weighted by Crippen LogP contribution is 2.30. The van der Waals surface area contributed by atoms with Gasteiger partial charge in [0.05, 0.1) is 15.9 Å². The summed E-state index contributed by atoms with van der Waals surface area (Å²) in [5.41, 5.74) is 2.24. The molecule has 0 atom stereocenters. The normalized spacial score (nSPS) is 10.9. The van der Waals surface area contributed by atoms with E-state index in [1.165, 1.54) is 17.4 Å². The second-order valence-corrected chi connectivity index (χ2v) is 6.19. The van der Waals surface area contributed by atoms with Gasteiger partial charge in [-0.2, -0.15) is 0 Å². The van der Waals surface area contributed by atoms with Crippen molar-refractivity contribution in [2.45, 2.75) is 6.92 Å². The maximum Gasteiger partial charge on any atom is 0.188 e. The monoisotopic (exact) mass is 336 g/mol. The third-order valence-corrected chi connectivity index (χ3v) is 4.16. The SMILES string of the molecule is Cc1ccc(Nc2nc3cc(Br)ccc3s2)c(F)c1. The van der Waals surface area contributed by atoms with Crippen molar-refractivity contribution in [3.05, 3.63) is 52.3 Å². The number of aromatic nitrogens is 1. The number of anilines is 2. The average Bonchev–Trinajstić information content (AvgIpc) is 2.74. The van der Waals surface area contributed by atoms with E-state index in [9.17, 15) is 4.39 Å². The Kier molecular flexibility index (Phi) is 3.24. The molecule has 5 heteroatoms. The third-order valence-electron chi connectivity index (χ3n) is 2.72. The highest BCUT2D eigenvalue weighted by molar-refractivity contribution is 9.10. The minimum absolute atomic E-state index is 0.263. The van der Waals surface area contributed by atoms with E-state index >= 15 is 0 Å². The summed E-state index contributed by atoms with van der Waals surface area (Å²) in [4.78, 5) is 4.44. The Hall–Kier alpha value is -1.46. The van der Waals surface area contributed by atoms with Gasteiger partial charge >= 0.3 is 0 Å². The fourth-order valence-corrected chi connectivity index (χ4v) is 3.00. The van der Waals surface area contributed by atoms with E-state index in [0.717, 1.165) is 20.3 Å². The van der Waals surface area contributed by atoms with Crippen LogP contribution in [0.25, 0.3) is 10.2 Å². The number of thiazole rings is 1. The summed E-state index contributed by atoms with van der Waals surface area (Å²) in [5, 5.41) is 3.72. The summed E-state index contributed by atoms with van der Waals surface area (Å²) < 4.78 is 15.8. The second-order valence-electron chi connectivity index (χ2n) is 4.24. The summed E-state index contributed by atoms with van der Waals surface area (Å²) in [5.74, 6) is -0.263. The van der Waals surface area contributed by atoms with Gasteiger partial charge in [-0.25, -0.2) is 9.37 Å². The van der Waals surface area contributed by atoms with E-state index < -0.39 is 0 Å². The molecular formula is C14H10BrFN2S. The zero-order chi connectivity index (χ0) is 13.4. The van der Waals surface area contributed by atoms with Crippen LogP contribution in [0.5, 0.6) is 0 Å². The van der Waals surface area contributed by atoms with Crippen molar-refractivity contribution in [1.82, 2.24) is 4.98 Å². The molecule has 0 saturated carbocycles. The first-order chi connectivity index (χ1) is 9.11. The Balaban J connectivity index is 1.96. The first-order valence-electron chi connectivity index (χ1n) is 5.71. The van der Waals surface area contributed by atoms with Gasteiger partial charge in [-0.1, -0.05) is 33.3 Å². The lowest BCUT2D eigenvalue weighted by atomic mass is 10.2. The van der Waals surface area contributed by atoms with Gasteiger partial charge in [0.2, 0.25) is 0 Å². The largest absolute Gasteiger partial charge is 0.329 e. The molecule has 1 N–H and O–H groups in total. The Morgan fingerprint density at radius 3 is 2.84 bits per heavy atom. The van der Waals surface area contributed by atoms with Gasteiger partial charge in [0.15, 0.2) is 5.13 Å². The summed E-state index contributed by atoms with van der Waals surface area (Å²) in [7, 11) is 0. The van der Waals surface area contributed by atoms with Crippen LogP contribution in [0.1, 0.15) is 5.56 Å². The predicted molar refractivity (Wildman–Crippen MR) is 81.7 cm³/mol. The van der Waals surface area contributed by atoms with Crippen molar-refractivity contribution in [1.29, 1.82) is 0 Å². The molecule has 0 saturated heterocycles. The standard InChI is InChI=1S/C14H10BrFN2S/c1-8-2-4-11(10(16)6-8)17-14-18-12-7-9(15)3-5-13(12)19-14/h2-7H,1H3,(H,17,18). The van der Waals surface area contributed by atoms with Gasteiger partial charge in [0.25, 0.3) is 0 Å². The number of halogens is 2. The smallest absolute Gasteiger partial charge is 0.188 e. The summed E-state index contributed by atoms with van der Waals surface area (Å²) >= 11 is 4.92. The second kappa shape index (κ2) is 4.90. The molecule has 0 aliphatic carbocycles. The molecule has 96 valence electrons. The van der Waals surface area contributed by atoms with Crippen molar-refractivity contribution in [3.8, 4) is 0 Å². The van der Waals surface area contributed by atoms with Crippen LogP contribution in [0.4, 0.5) is 15.2 Å². The Labute approximate surface area is 122 Å². The van der Waals surface area contributed by atoms with E-state index in [1.807, 2.05) is 31.2 Å². The summed E-state index contributed by atoms with van der Waals surface area (Å²) in [6.45, 7) is 1.86. The zero-order valence-electron chi connectivity index (χ0n) is 10.1. The minimum atomic E-state index is -0.263. The van der Waals surface area contributed by atoms with E-state index in [-0.39, 0.29) is 5.82 Å². The van der Waals surface area contributed by atoms with E-state index in [4.69, 9.17) is 0 Å². The molecule has 1 heterocycles. The molecule has 0 unspecified atom stereocenters. The highest BCUT2D eigenvalue weighted by Gasteiger charge is 2.07. The highest BCUT2D eigenvalue weighted by atomic mass is 79.9. The molecule has 0 radical (unpaired) electrons. The molecule has 19 heavy (non-hydrogen) atoms. The molecule has 0 aliphatic heterocycles. The molecule has 0 aliphatic rings. The number of hydrogen-bond acceptors (Lipinski definition) is 3. The molecule has 2 aromatic carbocycles.